The lowest BCUT2D eigenvalue weighted by molar-refractivity contribution is 0.174. The van der Waals surface area contributed by atoms with Gasteiger partial charge in [-0.15, -0.1) is 0 Å². The minimum absolute atomic E-state index is 0.309. The number of hydrogen-bond acceptors (Lipinski definition) is 3. The van der Waals surface area contributed by atoms with E-state index in [0.29, 0.717) is 12.5 Å². The van der Waals surface area contributed by atoms with E-state index in [-0.39, 0.29) is 0 Å². The number of hydrogen-bond donors (Lipinski definition) is 1. The summed E-state index contributed by atoms with van der Waals surface area (Å²) in [7, 11) is 0. The molecule has 1 N–H and O–H groups in total. The molecule has 2 rings (SSSR count). The fourth-order valence-electron chi connectivity index (χ4n) is 1.92. The molecule has 1 unspecified atom stereocenters. The second kappa shape index (κ2) is 5.35. The van der Waals surface area contributed by atoms with Gasteiger partial charge in [-0.05, 0) is 20.8 Å². The highest BCUT2D eigenvalue weighted by atomic mass is 16.3. The lowest BCUT2D eigenvalue weighted by Crippen LogP contribution is -2.08. The van der Waals surface area contributed by atoms with Crippen molar-refractivity contribution in [3.63, 3.8) is 0 Å². The number of rotatable bonds is 5. The molecule has 18 heavy (non-hydrogen) atoms. The van der Waals surface area contributed by atoms with Crippen molar-refractivity contribution < 1.29 is 5.11 Å². The molecule has 1 atom stereocenters. The molecule has 0 amide bonds. The number of imidazole rings is 1. The molecule has 0 aliphatic rings. The highest BCUT2D eigenvalue weighted by molar-refractivity contribution is 5.11. The van der Waals surface area contributed by atoms with Crippen LogP contribution >= 0.6 is 0 Å². The number of nitrogens with zero attached hydrogens (tertiary/aromatic N) is 4. The van der Waals surface area contributed by atoms with Crippen LogP contribution in [0, 0.1) is 0 Å². The summed E-state index contributed by atoms with van der Waals surface area (Å²) in [5.74, 6) is 0.905. The van der Waals surface area contributed by atoms with Crippen LogP contribution in [0.3, 0.4) is 0 Å². The smallest absolute Gasteiger partial charge is 0.111 e. The molecule has 0 saturated heterocycles. The predicted molar refractivity (Wildman–Crippen MR) is 69.2 cm³/mol. The maximum absolute atomic E-state index is 10.2. The lowest BCUT2D eigenvalue weighted by Gasteiger charge is -2.10. The van der Waals surface area contributed by atoms with Gasteiger partial charge in [0.1, 0.15) is 5.82 Å². The third-order valence-electron chi connectivity index (χ3n) is 3.05. The van der Waals surface area contributed by atoms with Gasteiger partial charge in [0.25, 0.3) is 0 Å². The van der Waals surface area contributed by atoms with Gasteiger partial charge >= 0.3 is 0 Å². The summed E-state index contributed by atoms with van der Waals surface area (Å²) in [5, 5.41) is 14.4. The molecular formula is C13H20N4O. The Bertz CT molecular complexity index is 501. The third kappa shape index (κ3) is 2.61. The summed E-state index contributed by atoms with van der Waals surface area (Å²) in [5.41, 5.74) is 0.842. The van der Waals surface area contributed by atoms with Crippen LogP contribution in [0.15, 0.2) is 24.8 Å². The molecule has 0 aliphatic heterocycles. The van der Waals surface area contributed by atoms with Crippen molar-refractivity contribution in [3.8, 4) is 0 Å². The molecule has 2 heterocycles. The van der Waals surface area contributed by atoms with Crippen LogP contribution in [0.25, 0.3) is 0 Å². The molecule has 0 aliphatic carbocycles. The van der Waals surface area contributed by atoms with Gasteiger partial charge in [0, 0.05) is 43.2 Å². The first-order chi connectivity index (χ1) is 8.61. The molecule has 0 aromatic carbocycles. The van der Waals surface area contributed by atoms with Gasteiger partial charge in [0.15, 0.2) is 0 Å². The van der Waals surface area contributed by atoms with Crippen LogP contribution in [-0.2, 0) is 13.0 Å². The zero-order chi connectivity index (χ0) is 13.1. The van der Waals surface area contributed by atoms with Gasteiger partial charge in [-0.3, -0.25) is 4.68 Å². The Morgan fingerprint density at radius 3 is 2.78 bits per heavy atom. The highest BCUT2D eigenvalue weighted by Gasteiger charge is 2.14. The average Bonchev–Trinajstić information content (AvgIpc) is 2.96. The molecule has 2 aromatic rings. The van der Waals surface area contributed by atoms with Crippen LogP contribution in [0.2, 0.25) is 0 Å². The van der Waals surface area contributed by atoms with Gasteiger partial charge in [0.2, 0.25) is 0 Å². The minimum atomic E-state index is -0.551. The van der Waals surface area contributed by atoms with Gasteiger partial charge in [-0.2, -0.15) is 5.10 Å². The number of aliphatic hydroxyl groups excluding tert-OH is 1. The summed E-state index contributed by atoms with van der Waals surface area (Å²) in [6.45, 7) is 7.06. The summed E-state index contributed by atoms with van der Waals surface area (Å²) in [4.78, 5) is 4.27. The first-order valence-corrected chi connectivity index (χ1v) is 6.34. The molecular weight excluding hydrogens is 228 g/mol. The quantitative estimate of drug-likeness (QED) is 0.880. The fraction of sp³-hybridized carbons (Fsp3) is 0.538. The summed E-state index contributed by atoms with van der Waals surface area (Å²) < 4.78 is 3.89. The number of aryl methyl sites for hydroxylation is 1. The largest absolute Gasteiger partial charge is 0.388 e. The summed E-state index contributed by atoms with van der Waals surface area (Å²) in [6, 6.07) is 0.309. The van der Waals surface area contributed by atoms with E-state index in [1.54, 1.807) is 12.4 Å². The van der Waals surface area contributed by atoms with Crippen molar-refractivity contribution in [2.24, 2.45) is 0 Å². The van der Waals surface area contributed by atoms with E-state index in [0.717, 1.165) is 17.9 Å². The average molecular weight is 248 g/mol. The second-order valence-corrected chi connectivity index (χ2v) is 4.70. The Morgan fingerprint density at radius 1 is 1.39 bits per heavy atom. The van der Waals surface area contributed by atoms with Crippen molar-refractivity contribution in [1.82, 2.24) is 19.3 Å². The zero-order valence-electron chi connectivity index (χ0n) is 11.1. The van der Waals surface area contributed by atoms with E-state index in [1.165, 1.54) is 0 Å². The van der Waals surface area contributed by atoms with Crippen molar-refractivity contribution in [1.29, 1.82) is 0 Å². The Hall–Kier alpha value is -1.62. The SMILES string of the molecule is CCn1ccnc1CC(O)c1cnn(C(C)C)c1. The third-order valence-corrected chi connectivity index (χ3v) is 3.05. The molecule has 0 saturated carbocycles. The van der Waals surface area contributed by atoms with E-state index >= 15 is 0 Å². The summed E-state index contributed by atoms with van der Waals surface area (Å²) >= 11 is 0. The molecule has 98 valence electrons. The van der Waals surface area contributed by atoms with Crippen LogP contribution in [-0.4, -0.2) is 24.4 Å². The normalized spacial score (nSPS) is 13.2. The van der Waals surface area contributed by atoms with Gasteiger partial charge in [0.05, 0.1) is 12.3 Å². The van der Waals surface area contributed by atoms with E-state index < -0.39 is 6.10 Å². The van der Waals surface area contributed by atoms with E-state index in [2.05, 4.69) is 30.9 Å². The Balaban J connectivity index is 2.09. The van der Waals surface area contributed by atoms with Crippen molar-refractivity contribution >= 4 is 0 Å². The highest BCUT2D eigenvalue weighted by Crippen LogP contribution is 2.18. The predicted octanol–water partition coefficient (Wildman–Crippen LogP) is 1.96. The molecule has 2 aromatic heterocycles. The van der Waals surface area contributed by atoms with Crippen LogP contribution in [0.5, 0.6) is 0 Å². The molecule has 0 bridgehead atoms. The van der Waals surface area contributed by atoms with Crippen molar-refractivity contribution in [2.75, 3.05) is 0 Å². The molecule has 5 nitrogen and oxygen atoms in total. The zero-order valence-corrected chi connectivity index (χ0v) is 11.1. The Kier molecular flexibility index (Phi) is 3.81. The number of aromatic nitrogens is 4. The summed E-state index contributed by atoms with van der Waals surface area (Å²) in [6.07, 6.45) is 7.29. The van der Waals surface area contributed by atoms with Crippen LogP contribution in [0.1, 0.15) is 44.3 Å². The molecule has 5 heteroatoms. The minimum Gasteiger partial charge on any atom is -0.388 e. The van der Waals surface area contributed by atoms with Crippen LogP contribution in [0.4, 0.5) is 0 Å². The van der Waals surface area contributed by atoms with E-state index in [4.69, 9.17) is 0 Å². The standard InChI is InChI=1S/C13H20N4O/c1-4-16-6-5-14-13(16)7-12(18)11-8-15-17(9-11)10(2)3/h5-6,8-10,12,18H,4,7H2,1-3H3. The van der Waals surface area contributed by atoms with E-state index in [9.17, 15) is 5.11 Å². The van der Waals surface area contributed by atoms with Gasteiger partial charge < -0.3 is 9.67 Å². The number of aliphatic hydroxyl groups is 1. The molecule has 0 fully saturated rings. The Morgan fingerprint density at radius 2 is 2.17 bits per heavy atom. The maximum Gasteiger partial charge on any atom is 0.111 e. The van der Waals surface area contributed by atoms with Gasteiger partial charge in [-0.1, -0.05) is 0 Å². The fourth-order valence-corrected chi connectivity index (χ4v) is 1.92. The van der Waals surface area contributed by atoms with Gasteiger partial charge in [-0.25, -0.2) is 4.98 Å². The molecule has 0 radical (unpaired) electrons. The van der Waals surface area contributed by atoms with Crippen LogP contribution < -0.4 is 0 Å². The molecule has 0 spiro atoms. The lowest BCUT2D eigenvalue weighted by atomic mass is 10.1. The topological polar surface area (TPSA) is 55.9 Å². The monoisotopic (exact) mass is 248 g/mol. The first-order valence-electron chi connectivity index (χ1n) is 6.34. The maximum atomic E-state index is 10.2. The van der Waals surface area contributed by atoms with Crippen molar-refractivity contribution in [2.45, 2.75) is 45.9 Å². The Labute approximate surface area is 107 Å². The first kappa shape index (κ1) is 12.8. The second-order valence-electron chi connectivity index (χ2n) is 4.70. The van der Waals surface area contributed by atoms with Crippen molar-refractivity contribution in [3.05, 3.63) is 36.2 Å². The van der Waals surface area contributed by atoms with E-state index in [1.807, 2.05) is 21.6 Å².